The van der Waals surface area contributed by atoms with Crippen molar-refractivity contribution in [3.63, 3.8) is 0 Å². The summed E-state index contributed by atoms with van der Waals surface area (Å²) >= 11 is 0. The van der Waals surface area contributed by atoms with Crippen molar-refractivity contribution in [2.45, 2.75) is 25.3 Å². The zero-order valence-electron chi connectivity index (χ0n) is 10.5. The number of rotatable bonds is 8. The number of hydrogen-bond acceptors (Lipinski definition) is 5. The lowest BCUT2D eigenvalue weighted by Gasteiger charge is -2.14. The van der Waals surface area contributed by atoms with Crippen molar-refractivity contribution in [1.29, 1.82) is 0 Å². The van der Waals surface area contributed by atoms with Crippen LogP contribution in [-0.2, 0) is 16.0 Å². The van der Waals surface area contributed by atoms with Crippen molar-refractivity contribution in [3.05, 3.63) is 12.2 Å². The van der Waals surface area contributed by atoms with Crippen LogP contribution in [0.5, 0.6) is 0 Å². The number of aromatic amines is 1. The first-order valence-electron chi connectivity index (χ1n) is 5.82. The fourth-order valence-corrected chi connectivity index (χ4v) is 1.38. The van der Waals surface area contributed by atoms with Gasteiger partial charge in [-0.25, -0.2) is 14.6 Å². The molecule has 0 fully saturated rings. The van der Waals surface area contributed by atoms with Crippen LogP contribution in [0.15, 0.2) is 6.33 Å². The minimum atomic E-state index is -1.28. The van der Waals surface area contributed by atoms with E-state index in [1.54, 1.807) is 0 Å². The van der Waals surface area contributed by atoms with Crippen LogP contribution in [0, 0.1) is 0 Å². The molecule has 0 aromatic carbocycles. The molecule has 5 N–H and O–H groups in total. The molecule has 0 spiro atoms. The lowest BCUT2D eigenvalue weighted by Crippen LogP contribution is -2.46. The molecule has 0 saturated heterocycles. The first-order valence-corrected chi connectivity index (χ1v) is 5.82. The Kier molecular flexibility index (Phi) is 5.94. The molecule has 0 unspecified atom stereocenters. The number of aromatic nitrogens is 3. The third kappa shape index (κ3) is 5.80. The van der Waals surface area contributed by atoms with E-state index in [-0.39, 0.29) is 19.4 Å². The summed E-state index contributed by atoms with van der Waals surface area (Å²) in [6.45, 7) is 0.242. The molecule has 110 valence electrons. The molecule has 20 heavy (non-hydrogen) atoms. The average molecular weight is 285 g/mol. The second-order valence-electron chi connectivity index (χ2n) is 3.91. The zero-order chi connectivity index (χ0) is 15.0. The lowest BCUT2D eigenvalue weighted by atomic mass is 10.1. The van der Waals surface area contributed by atoms with Gasteiger partial charge in [-0.15, -0.1) is 0 Å². The Bertz CT molecular complexity index is 461. The van der Waals surface area contributed by atoms with Crippen LogP contribution in [0.3, 0.4) is 0 Å². The number of urea groups is 1. The van der Waals surface area contributed by atoms with Gasteiger partial charge >= 0.3 is 18.0 Å². The van der Waals surface area contributed by atoms with Crippen molar-refractivity contribution in [1.82, 2.24) is 25.8 Å². The van der Waals surface area contributed by atoms with Gasteiger partial charge in [-0.3, -0.25) is 9.89 Å². The van der Waals surface area contributed by atoms with Gasteiger partial charge in [-0.2, -0.15) is 5.10 Å². The Morgan fingerprint density at radius 2 is 2.10 bits per heavy atom. The van der Waals surface area contributed by atoms with Gasteiger partial charge in [0.15, 0.2) is 0 Å². The molecule has 0 radical (unpaired) electrons. The number of nitrogens with zero attached hydrogens (tertiary/aromatic N) is 2. The van der Waals surface area contributed by atoms with E-state index in [1.807, 2.05) is 0 Å². The number of carboxylic acid groups (broad SMARTS) is 2. The molecule has 1 atom stereocenters. The highest BCUT2D eigenvalue weighted by Gasteiger charge is 2.20. The van der Waals surface area contributed by atoms with Crippen LogP contribution >= 0.6 is 0 Å². The Morgan fingerprint density at radius 3 is 2.65 bits per heavy atom. The molecule has 1 aromatic rings. The monoisotopic (exact) mass is 285 g/mol. The number of carbonyl (C=O) groups excluding carboxylic acids is 1. The van der Waals surface area contributed by atoms with Crippen LogP contribution in [-0.4, -0.2) is 56.0 Å². The summed E-state index contributed by atoms with van der Waals surface area (Å²) in [6, 6.07) is -1.92. The lowest BCUT2D eigenvalue weighted by molar-refractivity contribution is -0.140. The smallest absolute Gasteiger partial charge is 0.326 e. The van der Waals surface area contributed by atoms with Gasteiger partial charge in [0.25, 0.3) is 0 Å². The number of hydrogen-bond donors (Lipinski definition) is 5. The van der Waals surface area contributed by atoms with Gasteiger partial charge in [0.1, 0.15) is 18.2 Å². The van der Waals surface area contributed by atoms with Crippen molar-refractivity contribution in [3.8, 4) is 0 Å². The van der Waals surface area contributed by atoms with E-state index in [0.29, 0.717) is 12.2 Å². The molecule has 0 aliphatic carbocycles. The standard InChI is InChI=1S/C10H15N5O5/c16-8(17)2-1-6(9(18)19)14-10(20)11-4-3-7-12-5-13-15-7/h5-6H,1-4H2,(H,16,17)(H,18,19)(H2,11,14,20)(H,12,13,15)/t6-/m0/s1. The predicted molar refractivity (Wildman–Crippen MR) is 64.9 cm³/mol. The fourth-order valence-electron chi connectivity index (χ4n) is 1.38. The van der Waals surface area contributed by atoms with E-state index in [9.17, 15) is 14.4 Å². The van der Waals surface area contributed by atoms with Gasteiger partial charge in [0.05, 0.1) is 0 Å². The maximum absolute atomic E-state index is 11.5. The second-order valence-corrected chi connectivity index (χ2v) is 3.91. The first-order chi connectivity index (χ1) is 9.49. The summed E-state index contributed by atoms with van der Waals surface area (Å²) in [7, 11) is 0. The molecule has 1 rings (SSSR count). The average Bonchev–Trinajstić information content (AvgIpc) is 2.87. The second kappa shape index (κ2) is 7.71. The molecule has 0 bridgehead atoms. The molecule has 1 aromatic heterocycles. The summed E-state index contributed by atoms with van der Waals surface area (Å²) in [4.78, 5) is 36.5. The van der Waals surface area contributed by atoms with Gasteiger partial charge < -0.3 is 20.8 Å². The van der Waals surface area contributed by atoms with E-state index >= 15 is 0 Å². The molecule has 0 saturated carbocycles. The van der Waals surface area contributed by atoms with Crippen LogP contribution in [0.1, 0.15) is 18.7 Å². The molecule has 10 heteroatoms. The quantitative estimate of drug-likeness (QED) is 0.408. The third-order valence-electron chi connectivity index (χ3n) is 2.36. The number of aliphatic carboxylic acids is 2. The third-order valence-corrected chi connectivity index (χ3v) is 2.36. The number of carboxylic acids is 2. The summed E-state index contributed by atoms with van der Waals surface area (Å²) in [6.07, 6.45) is 1.23. The first kappa shape index (κ1) is 15.4. The molecule has 2 amide bonds. The largest absolute Gasteiger partial charge is 0.481 e. The Hall–Kier alpha value is -2.65. The van der Waals surface area contributed by atoms with Crippen molar-refractivity contribution in [2.24, 2.45) is 0 Å². The van der Waals surface area contributed by atoms with Gasteiger partial charge in [0, 0.05) is 19.4 Å². The molecule has 1 heterocycles. The van der Waals surface area contributed by atoms with Crippen molar-refractivity contribution >= 4 is 18.0 Å². The van der Waals surface area contributed by atoms with E-state index in [2.05, 4.69) is 25.8 Å². The normalized spacial score (nSPS) is 11.6. The number of H-pyrrole nitrogens is 1. The summed E-state index contributed by atoms with van der Waals surface area (Å²) in [5.74, 6) is -1.81. The number of amides is 2. The van der Waals surface area contributed by atoms with Crippen LogP contribution < -0.4 is 10.6 Å². The topological polar surface area (TPSA) is 157 Å². The van der Waals surface area contributed by atoms with Crippen molar-refractivity contribution in [2.75, 3.05) is 6.54 Å². The van der Waals surface area contributed by atoms with Crippen LogP contribution in [0.4, 0.5) is 4.79 Å². The van der Waals surface area contributed by atoms with E-state index in [4.69, 9.17) is 10.2 Å². The van der Waals surface area contributed by atoms with E-state index in [0.717, 1.165) is 0 Å². The minimum absolute atomic E-state index is 0.180. The maximum Gasteiger partial charge on any atom is 0.326 e. The molecular formula is C10H15N5O5. The van der Waals surface area contributed by atoms with Crippen molar-refractivity contribution < 1.29 is 24.6 Å². The van der Waals surface area contributed by atoms with Gasteiger partial charge in [-0.05, 0) is 6.42 Å². The summed E-state index contributed by atoms with van der Waals surface area (Å²) in [5, 5.41) is 28.2. The molecule has 0 aliphatic heterocycles. The molecular weight excluding hydrogens is 270 g/mol. The minimum Gasteiger partial charge on any atom is -0.481 e. The Morgan fingerprint density at radius 1 is 1.35 bits per heavy atom. The van der Waals surface area contributed by atoms with Gasteiger partial charge in [0.2, 0.25) is 0 Å². The molecule has 0 aliphatic rings. The number of nitrogens with one attached hydrogen (secondary N) is 3. The SMILES string of the molecule is O=C(O)CC[C@H](NC(=O)NCCc1ncn[nH]1)C(=O)O. The van der Waals surface area contributed by atoms with Crippen LogP contribution in [0.2, 0.25) is 0 Å². The summed E-state index contributed by atoms with van der Waals surface area (Å²) < 4.78 is 0. The van der Waals surface area contributed by atoms with E-state index in [1.165, 1.54) is 6.33 Å². The van der Waals surface area contributed by atoms with Gasteiger partial charge in [-0.1, -0.05) is 0 Å². The number of carbonyl (C=O) groups is 3. The molecule has 10 nitrogen and oxygen atoms in total. The van der Waals surface area contributed by atoms with E-state index < -0.39 is 24.0 Å². The fraction of sp³-hybridized carbons (Fsp3) is 0.500. The van der Waals surface area contributed by atoms with Crippen LogP contribution in [0.25, 0.3) is 0 Å². The Balaban J connectivity index is 2.30. The Labute approximate surface area is 113 Å². The highest BCUT2D eigenvalue weighted by atomic mass is 16.4. The predicted octanol–water partition coefficient (Wildman–Crippen LogP) is -1.04. The summed E-state index contributed by atoms with van der Waals surface area (Å²) in [5.41, 5.74) is 0. The highest BCUT2D eigenvalue weighted by molar-refractivity contribution is 5.82. The maximum atomic E-state index is 11.5. The highest BCUT2D eigenvalue weighted by Crippen LogP contribution is 1.98. The zero-order valence-corrected chi connectivity index (χ0v) is 10.5.